The van der Waals surface area contributed by atoms with Gasteiger partial charge in [-0.1, -0.05) is 0 Å². The number of aliphatic imine (C=N–C) groups is 1. The molecule has 1 rings (SSSR count). The highest BCUT2D eigenvalue weighted by Crippen LogP contribution is 2.24. The van der Waals surface area contributed by atoms with Crippen LogP contribution in [0.4, 0.5) is 0 Å². The van der Waals surface area contributed by atoms with Gasteiger partial charge in [0, 0.05) is 7.11 Å². The third kappa shape index (κ3) is 1.58. The Bertz CT molecular complexity index is 136. The van der Waals surface area contributed by atoms with E-state index < -0.39 is 0 Å². The van der Waals surface area contributed by atoms with Crippen LogP contribution in [0, 0.1) is 0 Å². The molecule has 3 heteroatoms. The zero-order valence-electron chi connectivity index (χ0n) is 5.33. The van der Waals surface area contributed by atoms with E-state index in [0.717, 1.165) is 12.8 Å². The van der Waals surface area contributed by atoms with E-state index >= 15 is 0 Å². The maximum atomic E-state index is 5.04. The van der Waals surface area contributed by atoms with Gasteiger partial charge in [0.25, 0.3) is 0 Å². The molecule has 0 heterocycles. The SMILES string of the molecule is COC1CC(N=C=S)C1. The summed E-state index contributed by atoms with van der Waals surface area (Å²) in [6, 6.07) is 0.396. The first-order chi connectivity index (χ1) is 4.36. The minimum atomic E-state index is 0.396. The van der Waals surface area contributed by atoms with Gasteiger partial charge in [-0.3, -0.25) is 0 Å². The smallest absolute Gasteiger partial charge is 0.0652 e. The highest BCUT2D eigenvalue weighted by molar-refractivity contribution is 7.78. The lowest BCUT2D eigenvalue weighted by molar-refractivity contribution is 0.0287. The molecule has 1 fully saturated rings. The number of rotatable bonds is 2. The lowest BCUT2D eigenvalue weighted by atomic mass is 9.90. The number of nitrogens with zero attached hydrogens (tertiary/aromatic N) is 1. The van der Waals surface area contributed by atoms with Gasteiger partial charge in [0.05, 0.1) is 17.3 Å². The van der Waals surface area contributed by atoms with E-state index in [-0.39, 0.29) is 0 Å². The fourth-order valence-electron chi connectivity index (χ4n) is 0.910. The summed E-state index contributed by atoms with van der Waals surface area (Å²) in [4.78, 5) is 3.91. The molecule has 0 saturated heterocycles. The van der Waals surface area contributed by atoms with Crippen molar-refractivity contribution in [2.45, 2.75) is 25.0 Å². The van der Waals surface area contributed by atoms with Crippen LogP contribution in [-0.4, -0.2) is 24.4 Å². The summed E-state index contributed by atoms with van der Waals surface area (Å²) >= 11 is 4.45. The van der Waals surface area contributed by atoms with Crippen molar-refractivity contribution in [3.63, 3.8) is 0 Å². The average molecular weight is 143 g/mol. The molecule has 0 aliphatic heterocycles. The summed E-state index contributed by atoms with van der Waals surface area (Å²) in [6.07, 6.45) is 2.45. The van der Waals surface area contributed by atoms with Crippen LogP contribution in [0.2, 0.25) is 0 Å². The number of hydrogen-bond donors (Lipinski definition) is 0. The molecule has 9 heavy (non-hydrogen) atoms. The van der Waals surface area contributed by atoms with Crippen molar-refractivity contribution in [2.75, 3.05) is 7.11 Å². The van der Waals surface area contributed by atoms with Crippen molar-refractivity contribution in [1.29, 1.82) is 0 Å². The molecule has 0 radical (unpaired) electrons. The Morgan fingerprint density at radius 3 is 2.78 bits per heavy atom. The maximum Gasteiger partial charge on any atom is 0.0652 e. The van der Waals surface area contributed by atoms with Crippen molar-refractivity contribution in [1.82, 2.24) is 0 Å². The third-order valence-electron chi connectivity index (χ3n) is 1.64. The van der Waals surface area contributed by atoms with Crippen molar-refractivity contribution >= 4 is 17.4 Å². The van der Waals surface area contributed by atoms with Gasteiger partial charge in [0.2, 0.25) is 0 Å². The summed E-state index contributed by atoms with van der Waals surface area (Å²) in [5.41, 5.74) is 0. The third-order valence-corrected chi connectivity index (χ3v) is 1.74. The minimum absolute atomic E-state index is 0.396. The van der Waals surface area contributed by atoms with Gasteiger partial charge in [-0.15, -0.1) is 0 Å². The first-order valence-electron chi connectivity index (χ1n) is 2.96. The molecule has 0 N–H and O–H groups in total. The van der Waals surface area contributed by atoms with E-state index in [4.69, 9.17) is 4.74 Å². The van der Waals surface area contributed by atoms with Crippen LogP contribution in [-0.2, 0) is 4.74 Å². The minimum Gasteiger partial charge on any atom is -0.381 e. The Hall–Kier alpha value is -0.240. The van der Waals surface area contributed by atoms with Crippen LogP contribution in [0.3, 0.4) is 0 Å². The molecule has 0 spiro atoms. The Morgan fingerprint density at radius 2 is 2.33 bits per heavy atom. The second-order valence-corrected chi connectivity index (χ2v) is 2.39. The molecule has 50 valence electrons. The van der Waals surface area contributed by atoms with Crippen molar-refractivity contribution < 1.29 is 4.74 Å². The molecule has 0 aromatic rings. The standard InChI is InChI=1S/C6H9NOS/c1-8-6-2-5(3-6)7-4-9/h5-6H,2-3H2,1H3. The number of ether oxygens (including phenoxy) is 1. The summed E-state index contributed by atoms with van der Waals surface area (Å²) in [5.74, 6) is 0. The summed E-state index contributed by atoms with van der Waals surface area (Å²) in [5, 5.41) is 2.37. The Kier molecular flexibility index (Phi) is 2.34. The molecule has 0 unspecified atom stereocenters. The number of isothiocyanates is 1. The van der Waals surface area contributed by atoms with Crippen molar-refractivity contribution in [3.05, 3.63) is 0 Å². The molecule has 0 aromatic carbocycles. The molecule has 0 amide bonds. The number of thiocarbonyl (C=S) groups is 1. The zero-order valence-corrected chi connectivity index (χ0v) is 6.15. The molecule has 1 aliphatic carbocycles. The molecular weight excluding hydrogens is 134 g/mol. The first kappa shape index (κ1) is 6.87. The number of methoxy groups -OCH3 is 1. The molecule has 0 atom stereocenters. The predicted octanol–water partition coefficient (Wildman–Crippen LogP) is 1.27. The van der Waals surface area contributed by atoms with E-state index in [0.29, 0.717) is 12.1 Å². The fourth-order valence-corrected chi connectivity index (χ4v) is 1.06. The average Bonchev–Trinajstić information content (AvgIpc) is 1.77. The van der Waals surface area contributed by atoms with Gasteiger partial charge in [0.1, 0.15) is 0 Å². The van der Waals surface area contributed by atoms with Gasteiger partial charge >= 0.3 is 0 Å². The van der Waals surface area contributed by atoms with E-state index in [2.05, 4.69) is 22.4 Å². The van der Waals surface area contributed by atoms with Crippen LogP contribution in [0.1, 0.15) is 12.8 Å². The van der Waals surface area contributed by atoms with Crippen molar-refractivity contribution in [2.24, 2.45) is 4.99 Å². The number of hydrogen-bond acceptors (Lipinski definition) is 3. The van der Waals surface area contributed by atoms with Gasteiger partial charge < -0.3 is 4.74 Å². The second kappa shape index (κ2) is 3.06. The molecule has 1 saturated carbocycles. The highest BCUT2D eigenvalue weighted by Gasteiger charge is 2.27. The predicted molar refractivity (Wildman–Crippen MR) is 38.8 cm³/mol. The van der Waals surface area contributed by atoms with Crippen LogP contribution in [0.25, 0.3) is 0 Å². The molecule has 0 aromatic heterocycles. The van der Waals surface area contributed by atoms with E-state index in [1.54, 1.807) is 7.11 Å². The monoisotopic (exact) mass is 143 g/mol. The molecule has 0 bridgehead atoms. The summed E-state index contributed by atoms with van der Waals surface area (Å²) in [6.45, 7) is 0. The lowest BCUT2D eigenvalue weighted by Gasteiger charge is -2.29. The quantitative estimate of drug-likeness (QED) is 0.429. The second-order valence-electron chi connectivity index (χ2n) is 2.20. The normalized spacial score (nSPS) is 32.6. The zero-order chi connectivity index (χ0) is 6.69. The van der Waals surface area contributed by atoms with Crippen molar-refractivity contribution in [3.8, 4) is 0 Å². The first-order valence-corrected chi connectivity index (χ1v) is 3.37. The maximum absolute atomic E-state index is 5.04. The largest absolute Gasteiger partial charge is 0.381 e. The molecule has 1 aliphatic rings. The molecule has 2 nitrogen and oxygen atoms in total. The Morgan fingerprint density at radius 1 is 1.67 bits per heavy atom. The lowest BCUT2D eigenvalue weighted by Crippen LogP contribution is -2.33. The van der Waals surface area contributed by atoms with Gasteiger partial charge in [-0.05, 0) is 25.1 Å². The fraction of sp³-hybridized carbons (Fsp3) is 0.833. The van der Waals surface area contributed by atoms with Crippen LogP contribution in [0.5, 0.6) is 0 Å². The summed E-state index contributed by atoms with van der Waals surface area (Å²) < 4.78 is 5.04. The van der Waals surface area contributed by atoms with E-state index in [1.165, 1.54) is 0 Å². The van der Waals surface area contributed by atoms with Crippen LogP contribution in [0.15, 0.2) is 4.99 Å². The summed E-state index contributed by atoms with van der Waals surface area (Å²) in [7, 11) is 1.72. The Balaban J connectivity index is 2.19. The van der Waals surface area contributed by atoms with Gasteiger partial charge in [-0.25, -0.2) is 4.99 Å². The Labute approximate surface area is 59.9 Å². The van der Waals surface area contributed by atoms with Crippen LogP contribution >= 0.6 is 12.2 Å². The van der Waals surface area contributed by atoms with Crippen LogP contribution < -0.4 is 0 Å². The molecular formula is C6H9NOS. The van der Waals surface area contributed by atoms with Gasteiger partial charge in [-0.2, -0.15) is 0 Å². The topological polar surface area (TPSA) is 21.6 Å². The van der Waals surface area contributed by atoms with Gasteiger partial charge in [0.15, 0.2) is 0 Å². The van der Waals surface area contributed by atoms with E-state index in [1.807, 2.05) is 0 Å². The highest BCUT2D eigenvalue weighted by atomic mass is 32.1. The van der Waals surface area contributed by atoms with E-state index in [9.17, 15) is 0 Å².